The van der Waals surface area contributed by atoms with Crippen molar-refractivity contribution in [2.45, 2.75) is 62.3 Å². The zero-order chi connectivity index (χ0) is 21.1. The monoisotopic (exact) mass is 362 g/mol. The maximum Gasteiger partial charge on any atom is 0.0267 e. The van der Waals surface area contributed by atoms with Crippen LogP contribution in [-0.4, -0.2) is 30.0 Å². The SMILES string of the molecule is CC.CC.CC.CC.CC1CN(C)C1.c1ccccc1.c1ccncc1. The fourth-order valence-corrected chi connectivity index (χ4v) is 1.71. The third kappa shape index (κ3) is 30.2. The second kappa shape index (κ2) is 34.6. The van der Waals surface area contributed by atoms with Crippen LogP contribution in [-0.2, 0) is 0 Å². The van der Waals surface area contributed by atoms with E-state index in [4.69, 9.17) is 0 Å². The third-order valence-electron chi connectivity index (χ3n) is 2.48. The van der Waals surface area contributed by atoms with Gasteiger partial charge in [-0.15, -0.1) is 0 Å². The van der Waals surface area contributed by atoms with E-state index in [0.29, 0.717) is 0 Å². The average Bonchev–Trinajstić information content (AvgIpc) is 2.76. The van der Waals surface area contributed by atoms with Crippen LogP contribution >= 0.6 is 0 Å². The Kier molecular flexibility index (Phi) is 42.7. The van der Waals surface area contributed by atoms with Crippen molar-refractivity contribution < 1.29 is 0 Å². The molecule has 0 atom stereocenters. The number of aromatic nitrogens is 1. The fourth-order valence-electron chi connectivity index (χ4n) is 1.71. The highest BCUT2D eigenvalue weighted by atomic mass is 15.2. The zero-order valence-electron chi connectivity index (χ0n) is 19.2. The van der Waals surface area contributed by atoms with E-state index in [9.17, 15) is 0 Å². The van der Waals surface area contributed by atoms with Gasteiger partial charge in [-0.05, 0) is 25.1 Å². The molecule has 2 heteroatoms. The van der Waals surface area contributed by atoms with Crippen LogP contribution in [0.25, 0.3) is 0 Å². The van der Waals surface area contributed by atoms with Crippen molar-refractivity contribution >= 4 is 0 Å². The van der Waals surface area contributed by atoms with Gasteiger partial charge in [-0.3, -0.25) is 4.98 Å². The zero-order valence-corrected chi connectivity index (χ0v) is 19.2. The van der Waals surface area contributed by atoms with Gasteiger partial charge in [0.25, 0.3) is 0 Å². The molecule has 0 unspecified atom stereocenters. The normalized spacial score (nSPS) is 10.8. The van der Waals surface area contributed by atoms with Crippen molar-refractivity contribution in [2.75, 3.05) is 20.1 Å². The highest BCUT2D eigenvalue weighted by Gasteiger charge is 2.16. The molecule has 0 aliphatic carbocycles. The van der Waals surface area contributed by atoms with Crippen LogP contribution in [0.4, 0.5) is 0 Å². The number of pyridine rings is 1. The third-order valence-corrected chi connectivity index (χ3v) is 2.48. The minimum absolute atomic E-state index is 0.968. The smallest absolute Gasteiger partial charge is 0.0267 e. The Morgan fingerprint density at radius 3 is 0.923 bits per heavy atom. The van der Waals surface area contributed by atoms with Gasteiger partial charge in [0, 0.05) is 25.5 Å². The van der Waals surface area contributed by atoms with E-state index < -0.39 is 0 Å². The van der Waals surface area contributed by atoms with Gasteiger partial charge in [0.2, 0.25) is 0 Å². The molecule has 1 aliphatic heterocycles. The largest absolute Gasteiger partial charge is 0.306 e. The Morgan fingerprint density at radius 2 is 0.846 bits per heavy atom. The highest BCUT2D eigenvalue weighted by molar-refractivity contribution is 4.99. The van der Waals surface area contributed by atoms with Crippen LogP contribution in [0.15, 0.2) is 67.0 Å². The first-order chi connectivity index (χ1) is 12.8. The number of nitrogens with zero attached hydrogens (tertiary/aromatic N) is 2. The molecule has 0 amide bonds. The Hall–Kier alpha value is -1.67. The number of hydrogen-bond acceptors (Lipinski definition) is 2. The maximum atomic E-state index is 3.78. The first-order valence-corrected chi connectivity index (χ1v) is 10.3. The maximum absolute atomic E-state index is 3.78. The highest BCUT2D eigenvalue weighted by Crippen LogP contribution is 2.09. The molecular formula is C24H46N2. The van der Waals surface area contributed by atoms with E-state index in [1.165, 1.54) is 13.1 Å². The number of hydrogen-bond donors (Lipinski definition) is 0. The van der Waals surface area contributed by atoms with Gasteiger partial charge in [0.05, 0.1) is 0 Å². The van der Waals surface area contributed by atoms with E-state index in [1.807, 2.05) is 110 Å². The molecule has 26 heavy (non-hydrogen) atoms. The molecule has 1 fully saturated rings. The molecule has 2 nitrogen and oxygen atoms in total. The van der Waals surface area contributed by atoms with Crippen molar-refractivity contribution in [1.29, 1.82) is 0 Å². The predicted molar refractivity (Wildman–Crippen MR) is 123 cm³/mol. The van der Waals surface area contributed by atoms with Crippen molar-refractivity contribution in [2.24, 2.45) is 5.92 Å². The van der Waals surface area contributed by atoms with E-state index >= 15 is 0 Å². The summed E-state index contributed by atoms with van der Waals surface area (Å²) in [4.78, 5) is 6.11. The van der Waals surface area contributed by atoms with Gasteiger partial charge in [-0.2, -0.15) is 0 Å². The summed E-state index contributed by atoms with van der Waals surface area (Å²) in [5.41, 5.74) is 0. The number of benzene rings is 1. The molecule has 152 valence electrons. The number of likely N-dealkylation sites (tertiary alicyclic amines) is 1. The van der Waals surface area contributed by atoms with Gasteiger partial charge in [-0.25, -0.2) is 0 Å². The first-order valence-electron chi connectivity index (χ1n) is 10.3. The molecule has 2 heterocycles. The summed E-state index contributed by atoms with van der Waals surface area (Å²) in [6.07, 6.45) is 3.50. The van der Waals surface area contributed by atoms with Gasteiger partial charge < -0.3 is 4.90 Å². The molecule has 0 radical (unpaired) electrons. The quantitative estimate of drug-likeness (QED) is 0.484. The van der Waals surface area contributed by atoms with Crippen LogP contribution in [0.1, 0.15) is 62.3 Å². The topological polar surface area (TPSA) is 16.1 Å². The van der Waals surface area contributed by atoms with Crippen LogP contribution in [0.5, 0.6) is 0 Å². The van der Waals surface area contributed by atoms with Crippen LogP contribution in [0, 0.1) is 5.92 Å². The predicted octanol–water partition coefficient (Wildman–Crippen LogP) is 7.44. The van der Waals surface area contributed by atoms with Gasteiger partial charge in [0.1, 0.15) is 0 Å². The first kappa shape index (κ1) is 32.0. The summed E-state index contributed by atoms with van der Waals surface area (Å²) in [5.74, 6) is 0.968. The standard InChI is InChI=1S/C6H6.C5H11N.C5H5N.4C2H6/c1-2-4-6-5-3-1;1-5-3-6(2)4-5;1-2-4-6-5-3-1;4*1-2/h1-6H;5H,3-4H2,1-2H3;1-5H;4*1-2H3. The lowest BCUT2D eigenvalue weighted by Crippen LogP contribution is -2.41. The lowest BCUT2D eigenvalue weighted by Gasteiger charge is -2.33. The van der Waals surface area contributed by atoms with Crippen LogP contribution < -0.4 is 0 Å². The summed E-state index contributed by atoms with van der Waals surface area (Å²) in [6, 6.07) is 17.7. The molecule has 3 rings (SSSR count). The second-order valence-electron chi connectivity index (χ2n) is 4.51. The molecule has 0 bridgehead atoms. The van der Waals surface area contributed by atoms with Crippen molar-refractivity contribution in [3.05, 3.63) is 67.0 Å². The molecule has 0 N–H and O–H groups in total. The van der Waals surface area contributed by atoms with Crippen molar-refractivity contribution in [3.63, 3.8) is 0 Å². The van der Waals surface area contributed by atoms with Crippen molar-refractivity contribution in [3.8, 4) is 0 Å². The lowest BCUT2D eigenvalue weighted by molar-refractivity contribution is 0.149. The summed E-state index contributed by atoms with van der Waals surface area (Å²) in [6.45, 7) is 20.9. The molecule has 1 aromatic carbocycles. The summed E-state index contributed by atoms with van der Waals surface area (Å²) < 4.78 is 0. The van der Waals surface area contributed by atoms with Crippen LogP contribution in [0.3, 0.4) is 0 Å². The minimum Gasteiger partial charge on any atom is -0.306 e. The van der Waals surface area contributed by atoms with Crippen LogP contribution in [0.2, 0.25) is 0 Å². The fraction of sp³-hybridized carbons (Fsp3) is 0.542. The van der Waals surface area contributed by atoms with Gasteiger partial charge in [0.15, 0.2) is 0 Å². The van der Waals surface area contributed by atoms with E-state index in [0.717, 1.165) is 5.92 Å². The molecule has 2 aromatic rings. The summed E-state index contributed by atoms with van der Waals surface area (Å²) in [5, 5.41) is 0. The number of rotatable bonds is 0. The molecule has 0 spiro atoms. The molecular weight excluding hydrogens is 316 g/mol. The Balaban J connectivity index is -0.000000117. The van der Waals surface area contributed by atoms with E-state index in [2.05, 4.69) is 23.9 Å². The van der Waals surface area contributed by atoms with Crippen molar-refractivity contribution in [1.82, 2.24) is 9.88 Å². The van der Waals surface area contributed by atoms with Gasteiger partial charge in [-0.1, -0.05) is 105 Å². The molecule has 1 saturated heterocycles. The van der Waals surface area contributed by atoms with E-state index in [1.54, 1.807) is 12.4 Å². The molecule has 1 aliphatic rings. The Labute approximate surface area is 165 Å². The second-order valence-corrected chi connectivity index (χ2v) is 4.51. The lowest BCUT2D eigenvalue weighted by atomic mass is 10.1. The molecule has 1 aromatic heterocycles. The van der Waals surface area contributed by atoms with E-state index in [-0.39, 0.29) is 0 Å². The average molecular weight is 363 g/mol. The Bertz CT molecular complexity index is 279. The molecule has 0 saturated carbocycles. The minimum atomic E-state index is 0.968. The summed E-state index contributed by atoms with van der Waals surface area (Å²) >= 11 is 0. The van der Waals surface area contributed by atoms with Gasteiger partial charge >= 0.3 is 0 Å². The summed E-state index contributed by atoms with van der Waals surface area (Å²) in [7, 11) is 2.15. The Morgan fingerprint density at radius 1 is 0.577 bits per heavy atom.